The number of carbonyl (C=O) groups excluding carboxylic acids is 1. The first-order valence-electron chi connectivity index (χ1n) is 5.36. The van der Waals surface area contributed by atoms with Gasteiger partial charge in [0.25, 0.3) is 0 Å². The average Bonchev–Trinajstić information content (AvgIpc) is 2.09. The molecule has 1 amide bonds. The molecule has 1 aliphatic heterocycles. The van der Waals surface area contributed by atoms with Crippen LogP contribution in [0.3, 0.4) is 0 Å². The summed E-state index contributed by atoms with van der Waals surface area (Å²) in [5.41, 5.74) is 0. The summed E-state index contributed by atoms with van der Waals surface area (Å²) in [7, 11) is 0. The Morgan fingerprint density at radius 3 is 2.53 bits per heavy atom. The molecule has 0 radical (unpaired) electrons. The molecule has 1 saturated heterocycles. The van der Waals surface area contributed by atoms with E-state index in [1.165, 1.54) is 0 Å². The van der Waals surface area contributed by atoms with Gasteiger partial charge in [-0.1, -0.05) is 0 Å². The number of amides is 1. The van der Waals surface area contributed by atoms with Crippen LogP contribution in [0, 0.1) is 5.92 Å². The van der Waals surface area contributed by atoms with Gasteiger partial charge in [0, 0.05) is 32.8 Å². The van der Waals surface area contributed by atoms with E-state index >= 15 is 0 Å². The summed E-state index contributed by atoms with van der Waals surface area (Å²) < 4.78 is 5.24. The molecule has 1 N–H and O–H groups in total. The second kappa shape index (κ2) is 7.91. The second-order valence-corrected chi connectivity index (χ2v) is 3.47. The molecular weight excluding hydrogens is 216 g/mol. The van der Waals surface area contributed by atoms with Gasteiger partial charge >= 0.3 is 0 Å². The van der Waals surface area contributed by atoms with Crippen LogP contribution in [0.5, 0.6) is 0 Å². The molecule has 0 aromatic rings. The van der Waals surface area contributed by atoms with Crippen molar-refractivity contribution in [2.45, 2.75) is 13.8 Å². The highest BCUT2D eigenvalue weighted by Gasteiger charge is 2.28. The highest BCUT2D eigenvalue weighted by Crippen LogP contribution is 2.07. The van der Waals surface area contributed by atoms with Crippen molar-refractivity contribution >= 4 is 18.3 Å². The van der Waals surface area contributed by atoms with Crippen molar-refractivity contribution in [3.05, 3.63) is 0 Å². The summed E-state index contributed by atoms with van der Waals surface area (Å²) in [5, 5.41) is 3.11. The molecule has 0 spiro atoms. The monoisotopic (exact) mass is 236 g/mol. The molecule has 0 aromatic carbocycles. The summed E-state index contributed by atoms with van der Waals surface area (Å²) in [6, 6.07) is 0. The Morgan fingerprint density at radius 2 is 2.13 bits per heavy atom. The topological polar surface area (TPSA) is 41.6 Å². The Kier molecular flexibility index (Phi) is 7.74. The number of nitrogens with zero attached hydrogens (tertiary/aromatic N) is 1. The summed E-state index contributed by atoms with van der Waals surface area (Å²) in [6.45, 7) is 8.52. The third-order valence-electron chi connectivity index (χ3n) is 2.53. The third-order valence-corrected chi connectivity index (χ3v) is 2.53. The fraction of sp³-hybridized carbons (Fsp3) is 0.900. The van der Waals surface area contributed by atoms with Gasteiger partial charge in [0.15, 0.2) is 0 Å². The zero-order chi connectivity index (χ0) is 10.4. The van der Waals surface area contributed by atoms with Crippen molar-refractivity contribution in [3.8, 4) is 0 Å². The minimum atomic E-state index is 0. The molecule has 4 nitrogen and oxygen atoms in total. The van der Waals surface area contributed by atoms with Crippen molar-refractivity contribution in [1.82, 2.24) is 10.2 Å². The lowest BCUT2D eigenvalue weighted by Gasteiger charge is -2.31. The van der Waals surface area contributed by atoms with E-state index in [0.717, 1.165) is 32.8 Å². The van der Waals surface area contributed by atoms with Crippen LogP contribution in [-0.2, 0) is 9.53 Å². The predicted molar refractivity (Wildman–Crippen MR) is 62.4 cm³/mol. The van der Waals surface area contributed by atoms with Crippen molar-refractivity contribution in [1.29, 1.82) is 0 Å². The number of hydrogen-bond acceptors (Lipinski definition) is 3. The number of nitrogens with one attached hydrogen (secondary N) is 1. The molecule has 90 valence electrons. The van der Waals surface area contributed by atoms with E-state index in [1.54, 1.807) is 0 Å². The first kappa shape index (κ1) is 14.7. The average molecular weight is 237 g/mol. The normalized spacial score (nSPS) is 15.3. The van der Waals surface area contributed by atoms with Gasteiger partial charge < -0.3 is 15.0 Å². The lowest BCUT2D eigenvalue weighted by molar-refractivity contribution is -0.137. The van der Waals surface area contributed by atoms with Crippen molar-refractivity contribution in [2.24, 2.45) is 5.92 Å². The molecule has 0 unspecified atom stereocenters. The molecular formula is C10H21ClN2O2. The highest BCUT2D eigenvalue weighted by molar-refractivity contribution is 5.85. The van der Waals surface area contributed by atoms with Crippen molar-refractivity contribution in [3.63, 3.8) is 0 Å². The fourth-order valence-corrected chi connectivity index (χ4v) is 1.46. The van der Waals surface area contributed by atoms with E-state index in [4.69, 9.17) is 4.74 Å². The smallest absolute Gasteiger partial charge is 0.228 e. The quantitative estimate of drug-likeness (QED) is 0.684. The lowest BCUT2D eigenvalue weighted by atomic mass is 10.0. The van der Waals surface area contributed by atoms with Crippen LogP contribution in [0.25, 0.3) is 0 Å². The molecule has 0 atom stereocenters. The van der Waals surface area contributed by atoms with Gasteiger partial charge in [0.05, 0.1) is 12.5 Å². The SMILES string of the molecule is CCOCCN(CC)C(=O)C1CNC1.Cl. The van der Waals surface area contributed by atoms with E-state index < -0.39 is 0 Å². The third kappa shape index (κ3) is 4.36. The molecule has 0 saturated carbocycles. The summed E-state index contributed by atoms with van der Waals surface area (Å²) in [5.74, 6) is 0.475. The molecule has 1 fully saturated rings. The van der Waals surface area contributed by atoms with E-state index in [2.05, 4.69) is 5.32 Å². The van der Waals surface area contributed by atoms with Gasteiger partial charge in [0.2, 0.25) is 5.91 Å². The van der Waals surface area contributed by atoms with Crippen LogP contribution in [0.4, 0.5) is 0 Å². The standard InChI is InChI=1S/C10H20N2O2.ClH/c1-3-12(5-6-14-4-2)10(13)9-7-11-8-9;/h9,11H,3-8H2,1-2H3;1H. The maximum atomic E-state index is 11.8. The van der Waals surface area contributed by atoms with Crippen molar-refractivity contribution < 1.29 is 9.53 Å². The van der Waals surface area contributed by atoms with Crippen LogP contribution in [0.1, 0.15) is 13.8 Å². The molecule has 0 aliphatic carbocycles. The first-order chi connectivity index (χ1) is 6.79. The first-order valence-corrected chi connectivity index (χ1v) is 5.36. The van der Waals surface area contributed by atoms with Crippen LogP contribution >= 0.6 is 12.4 Å². The van der Waals surface area contributed by atoms with E-state index in [0.29, 0.717) is 6.61 Å². The molecule has 0 aromatic heterocycles. The molecule has 1 aliphatic rings. The minimum Gasteiger partial charge on any atom is -0.380 e. The number of rotatable bonds is 6. The second-order valence-electron chi connectivity index (χ2n) is 3.47. The largest absolute Gasteiger partial charge is 0.380 e. The van der Waals surface area contributed by atoms with Gasteiger partial charge in [-0.15, -0.1) is 12.4 Å². The molecule has 1 heterocycles. The van der Waals surface area contributed by atoms with Crippen LogP contribution < -0.4 is 5.32 Å². The Bertz CT molecular complexity index is 186. The van der Waals surface area contributed by atoms with E-state index in [1.807, 2.05) is 18.7 Å². The summed E-state index contributed by atoms with van der Waals surface area (Å²) in [6.07, 6.45) is 0. The number of hydrogen-bond donors (Lipinski definition) is 1. The van der Waals surface area contributed by atoms with Gasteiger partial charge in [-0.2, -0.15) is 0 Å². The summed E-state index contributed by atoms with van der Waals surface area (Å²) >= 11 is 0. The minimum absolute atomic E-state index is 0. The van der Waals surface area contributed by atoms with E-state index in [9.17, 15) is 4.79 Å². The zero-order valence-electron chi connectivity index (χ0n) is 9.49. The highest BCUT2D eigenvalue weighted by atomic mass is 35.5. The number of ether oxygens (including phenoxy) is 1. The van der Waals surface area contributed by atoms with Crippen LogP contribution in [0.2, 0.25) is 0 Å². The van der Waals surface area contributed by atoms with Gasteiger partial charge in [-0.05, 0) is 13.8 Å². The number of likely N-dealkylation sites (N-methyl/N-ethyl adjacent to an activating group) is 1. The molecule has 5 heteroatoms. The van der Waals surface area contributed by atoms with Crippen LogP contribution in [0.15, 0.2) is 0 Å². The fourth-order valence-electron chi connectivity index (χ4n) is 1.46. The van der Waals surface area contributed by atoms with Gasteiger partial charge in [-0.3, -0.25) is 4.79 Å². The van der Waals surface area contributed by atoms with Crippen molar-refractivity contribution in [2.75, 3.05) is 39.4 Å². The Balaban J connectivity index is 0.00000196. The van der Waals surface area contributed by atoms with Gasteiger partial charge in [0.1, 0.15) is 0 Å². The Labute approximate surface area is 97.8 Å². The zero-order valence-corrected chi connectivity index (χ0v) is 10.3. The Morgan fingerprint density at radius 1 is 1.47 bits per heavy atom. The number of carbonyl (C=O) groups is 1. The maximum Gasteiger partial charge on any atom is 0.228 e. The summed E-state index contributed by atoms with van der Waals surface area (Å²) in [4.78, 5) is 13.7. The predicted octanol–water partition coefficient (Wildman–Crippen LogP) is 0.513. The number of halogens is 1. The van der Waals surface area contributed by atoms with Crippen LogP contribution in [-0.4, -0.2) is 50.2 Å². The molecule has 1 rings (SSSR count). The Hall–Kier alpha value is -0.320. The molecule has 0 bridgehead atoms. The van der Waals surface area contributed by atoms with Gasteiger partial charge in [-0.25, -0.2) is 0 Å². The lowest BCUT2D eigenvalue weighted by Crippen LogP contribution is -2.52. The maximum absolute atomic E-state index is 11.8. The molecule has 15 heavy (non-hydrogen) atoms. The van der Waals surface area contributed by atoms with E-state index in [-0.39, 0.29) is 24.2 Å².